The quantitative estimate of drug-likeness (QED) is 0.831. The van der Waals surface area contributed by atoms with Crippen LogP contribution in [-0.4, -0.2) is 49.3 Å². The molecule has 1 aliphatic rings. The lowest BCUT2D eigenvalue weighted by Gasteiger charge is -2.31. The third-order valence-electron chi connectivity index (χ3n) is 3.49. The molecule has 1 saturated heterocycles. The number of likely N-dealkylation sites (tertiary alicyclic amines) is 1. The van der Waals surface area contributed by atoms with Gasteiger partial charge in [0.1, 0.15) is 11.5 Å². The predicted molar refractivity (Wildman–Crippen MR) is 74.8 cm³/mol. The Kier molecular flexibility index (Phi) is 5.24. The molecule has 110 valence electrons. The Hall–Kier alpha value is -1.75. The molecule has 1 N–H and O–H groups in total. The summed E-state index contributed by atoms with van der Waals surface area (Å²) in [6, 6.07) is 6.81. The van der Waals surface area contributed by atoms with Crippen LogP contribution < -0.4 is 4.74 Å². The number of carbonyl (C=O) groups excluding carboxylic acids is 1. The molecule has 0 aliphatic carbocycles. The minimum Gasteiger partial charge on any atom is -0.508 e. The molecule has 1 fully saturated rings. The number of phenolic OH excluding ortho intramolecular Hbond substituents is 1. The first-order valence-corrected chi connectivity index (χ1v) is 6.88. The molecule has 0 spiro atoms. The second-order valence-corrected chi connectivity index (χ2v) is 5.13. The standard InChI is InChI=1S/C15H21NO4/c1-19-15(18)10-16-7-3-4-12(9-16)11-20-14-6-2-5-13(17)8-14/h2,5-6,8,12,17H,3-4,7,9-11H2,1H3. The fourth-order valence-electron chi connectivity index (χ4n) is 2.47. The molecule has 1 heterocycles. The number of phenols is 1. The summed E-state index contributed by atoms with van der Waals surface area (Å²) in [6.45, 7) is 2.71. The molecule has 0 saturated carbocycles. The summed E-state index contributed by atoms with van der Waals surface area (Å²) in [6.07, 6.45) is 2.15. The van der Waals surface area contributed by atoms with Crippen LogP contribution in [0.2, 0.25) is 0 Å². The van der Waals surface area contributed by atoms with Crippen molar-refractivity contribution >= 4 is 5.97 Å². The SMILES string of the molecule is COC(=O)CN1CCCC(COc2cccc(O)c2)C1. The highest BCUT2D eigenvalue weighted by molar-refractivity contribution is 5.71. The summed E-state index contributed by atoms with van der Waals surface area (Å²) < 4.78 is 10.4. The van der Waals surface area contributed by atoms with Crippen LogP contribution in [0.5, 0.6) is 11.5 Å². The number of ether oxygens (including phenoxy) is 2. The summed E-state index contributed by atoms with van der Waals surface area (Å²) >= 11 is 0. The Morgan fingerprint density at radius 3 is 3.10 bits per heavy atom. The van der Waals surface area contributed by atoms with Crippen molar-refractivity contribution < 1.29 is 19.4 Å². The fourth-order valence-corrected chi connectivity index (χ4v) is 2.47. The molecule has 1 unspecified atom stereocenters. The first kappa shape index (κ1) is 14.7. The van der Waals surface area contributed by atoms with Crippen LogP contribution in [0.15, 0.2) is 24.3 Å². The Balaban J connectivity index is 1.79. The Bertz CT molecular complexity index is 449. The van der Waals surface area contributed by atoms with Gasteiger partial charge in [-0.05, 0) is 31.5 Å². The van der Waals surface area contributed by atoms with Gasteiger partial charge in [0, 0.05) is 18.5 Å². The first-order chi connectivity index (χ1) is 9.67. The maximum absolute atomic E-state index is 11.3. The zero-order chi connectivity index (χ0) is 14.4. The van der Waals surface area contributed by atoms with Crippen LogP contribution >= 0.6 is 0 Å². The van der Waals surface area contributed by atoms with Crippen molar-refractivity contribution in [2.45, 2.75) is 12.8 Å². The summed E-state index contributed by atoms with van der Waals surface area (Å²) in [7, 11) is 1.41. The molecule has 5 nitrogen and oxygen atoms in total. The maximum Gasteiger partial charge on any atom is 0.319 e. The van der Waals surface area contributed by atoms with Crippen LogP contribution in [0.25, 0.3) is 0 Å². The molecule has 5 heteroatoms. The van der Waals surface area contributed by atoms with Gasteiger partial charge in [-0.1, -0.05) is 6.07 Å². The number of hydrogen-bond donors (Lipinski definition) is 1. The van der Waals surface area contributed by atoms with Gasteiger partial charge in [0.05, 0.1) is 20.3 Å². The molecule has 2 rings (SSSR count). The van der Waals surface area contributed by atoms with Gasteiger partial charge in [-0.15, -0.1) is 0 Å². The Labute approximate surface area is 119 Å². The molecule has 0 aromatic heterocycles. The number of esters is 1. The molecular weight excluding hydrogens is 258 g/mol. The number of rotatable bonds is 5. The van der Waals surface area contributed by atoms with E-state index < -0.39 is 0 Å². The average molecular weight is 279 g/mol. The monoisotopic (exact) mass is 279 g/mol. The summed E-state index contributed by atoms with van der Waals surface area (Å²) in [5.41, 5.74) is 0. The normalized spacial score (nSPS) is 19.6. The van der Waals surface area contributed by atoms with Gasteiger partial charge in [0.15, 0.2) is 0 Å². The number of benzene rings is 1. The number of piperidine rings is 1. The summed E-state index contributed by atoms with van der Waals surface area (Å²) in [4.78, 5) is 13.4. The average Bonchev–Trinajstić information content (AvgIpc) is 2.45. The van der Waals surface area contributed by atoms with Gasteiger partial charge in [-0.25, -0.2) is 0 Å². The van der Waals surface area contributed by atoms with Gasteiger partial charge in [-0.3, -0.25) is 9.69 Å². The van der Waals surface area contributed by atoms with Crippen molar-refractivity contribution in [3.8, 4) is 11.5 Å². The van der Waals surface area contributed by atoms with Gasteiger partial charge >= 0.3 is 5.97 Å². The van der Waals surface area contributed by atoms with Gasteiger partial charge in [0.2, 0.25) is 0 Å². The van der Waals surface area contributed by atoms with Gasteiger partial charge < -0.3 is 14.6 Å². The van der Waals surface area contributed by atoms with Crippen LogP contribution in [0.4, 0.5) is 0 Å². The van der Waals surface area contributed by atoms with Crippen LogP contribution in [0.3, 0.4) is 0 Å². The first-order valence-electron chi connectivity index (χ1n) is 6.88. The minimum atomic E-state index is -0.195. The molecule has 1 aliphatic heterocycles. The van der Waals surface area contributed by atoms with E-state index >= 15 is 0 Å². The largest absolute Gasteiger partial charge is 0.508 e. The molecule has 1 atom stereocenters. The molecular formula is C15H21NO4. The highest BCUT2D eigenvalue weighted by Gasteiger charge is 2.22. The maximum atomic E-state index is 11.3. The second kappa shape index (κ2) is 7.14. The van der Waals surface area contributed by atoms with E-state index in [1.165, 1.54) is 7.11 Å². The minimum absolute atomic E-state index is 0.195. The molecule has 20 heavy (non-hydrogen) atoms. The van der Waals surface area contributed by atoms with E-state index in [9.17, 15) is 9.90 Å². The number of carbonyl (C=O) groups is 1. The second-order valence-electron chi connectivity index (χ2n) is 5.13. The predicted octanol–water partition coefficient (Wildman–Crippen LogP) is 1.66. The lowest BCUT2D eigenvalue weighted by atomic mass is 9.99. The Morgan fingerprint density at radius 2 is 2.35 bits per heavy atom. The van der Waals surface area contributed by atoms with Gasteiger partial charge in [-0.2, -0.15) is 0 Å². The van der Waals surface area contributed by atoms with E-state index in [2.05, 4.69) is 4.90 Å². The third kappa shape index (κ3) is 4.42. The van der Waals surface area contributed by atoms with E-state index in [1.807, 2.05) is 6.07 Å². The van der Waals surface area contributed by atoms with Crippen molar-refractivity contribution in [1.29, 1.82) is 0 Å². The molecule has 0 bridgehead atoms. The lowest BCUT2D eigenvalue weighted by Crippen LogP contribution is -2.40. The third-order valence-corrected chi connectivity index (χ3v) is 3.49. The molecule has 0 radical (unpaired) electrons. The van der Waals surface area contributed by atoms with Crippen molar-refractivity contribution in [3.63, 3.8) is 0 Å². The Morgan fingerprint density at radius 1 is 1.50 bits per heavy atom. The summed E-state index contributed by atoms with van der Waals surface area (Å²) in [5, 5.41) is 9.38. The zero-order valence-electron chi connectivity index (χ0n) is 11.7. The van der Waals surface area contributed by atoms with Crippen LogP contribution in [-0.2, 0) is 9.53 Å². The smallest absolute Gasteiger partial charge is 0.319 e. The fraction of sp³-hybridized carbons (Fsp3) is 0.533. The molecule has 0 amide bonds. The number of aromatic hydroxyl groups is 1. The van der Waals surface area contributed by atoms with Crippen molar-refractivity contribution in [3.05, 3.63) is 24.3 Å². The zero-order valence-corrected chi connectivity index (χ0v) is 11.7. The van der Waals surface area contributed by atoms with Gasteiger partial charge in [0.25, 0.3) is 0 Å². The molecule has 1 aromatic carbocycles. The molecule has 1 aromatic rings. The lowest BCUT2D eigenvalue weighted by molar-refractivity contribution is -0.142. The van der Waals surface area contributed by atoms with Crippen molar-refractivity contribution in [2.75, 3.05) is 33.4 Å². The number of nitrogens with zero attached hydrogens (tertiary/aromatic N) is 1. The van der Waals surface area contributed by atoms with Crippen LogP contribution in [0.1, 0.15) is 12.8 Å². The van der Waals surface area contributed by atoms with Crippen molar-refractivity contribution in [1.82, 2.24) is 4.90 Å². The summed E-state index contributed by atoms with van der Waals surface area (Å²) in [5.74, 6) is 1.09. The van der Waals surface area contributed by atoms with E-state index in [-0.39, 0.29) is 11.7 Å². The van der Waals surface area contributed by atoms with E-state index in [4.69, 9.17) is 9.47 Å². The van der Waals surface area contributed by atoms with E-state index in [0.29, 0.717) is 24.8 Å². The van der Waals surface area contributed by atoms with E-state index in [1.54, 1.807) is 18.2 Å². The topological polar surface area (TPSA) is 59.0 Å². The number of methoxy groups -OCH3 is 1. The van der Waals surface area contributed by atoms with Crippen LogP contribution in [0, 0.1) is 5.92 Å². The highest BCUT2D eigenvalue weighted by Crippen LogP contribution is 2.21. The van der Waals surface area contributed by atoms with Crippen molar-refractivity contribution in [2.24, 2.45) is 5.92 Å². The van der Waals surface area contributed by atoms with E-state index in [0.717, 1.165) is 25.9 Å². The highest BCUT2D eigenvalue weighted by atomic mass is 16.5. The number of hydrogen-bond acceptors (Lipinski definition) is 5.